The van der Waals surface area contributed by atoms with Crippen LogP contribution >= 0.6 is 0 Å². The predicted octanol–water partition coefficient (Wildman–Crippen LogP) is -0.0394. The van der Waals surface area contributed by atoms with E-state index in [2.05, 4.69) is 11.8 Å². The Balaban J connectivity index is 4.45. The molecule has 0 radical (unpaired) electrons. The van der Waals surface area contributed by atoms with Crippen molar-refractivity contribution in [1.82, 2.24) is 4.90 Å². The lowest BCUT2D eigenvalue weighted by atomic mass is 9.91. The molecular formula is C12H27NO4. The van der Waals surface area contributed by atoms with Crippen LogP contribution in [0.2, 0.25) is 0 Å². The van der Waals surface area contributed by atoms with Crippen LogP contribution in [0, 0.1) is 5.41 Å². The first-order valence-corrected chi connectivity index (χ1v) is 5.96. The molecule has 0 saturated carbocycles. The monoisotopic (exact) mass is 249 g/mol. The molecule has 0 aliphatic heterocycles. The number of hydrogen-bond donors (Lipinski definition) is 2. The molecule has 0 aliphatic rings. The SMILES string of the molecule is COCCN(CC(C)(CO)CO)C(C)COC. The number of methoxy groups -OCH3 is 2. The van der Waals surface area contributed by atoms with E-state index in [-0.39, 0.29) is 19.3 Å². The molecule has 104 valence electrons. The smallest absolute Gasteiger partial charge is 0.0615 e. The summed E-state index contributed by atoms with van der Waals surface area (Å²) in [4.78, 5) is 2.17. The first-order valence-electron chi connectivity index (χ1n) is 5.96. The highest BCUT2D eigenvalue weighted by Crippen LogP contribution is 2.18. The van der Waals surface area contributed by atoms with E-state index in [1.807, 2.05) is 6.92 Å². The zero-order chi connectivity index (χ0) is 13.3. The molecule has 5 heteroatoms. The molecule has 2 N–H and O–H groups in total. The Hall–Kier alpha value is -0.200. The summed E-state index contributed by atoms with van der Waals surface area (Å²) >= 11 is 0. The molecule has 0 spiro atoms. The van der Waals surface area contributed by atoms with Crippen molar-refractivity contribution in [2.45, 2.75) is 19.9 Å². The van der Waals surface area contributed by atoms with Gasteiger partial charge >= 0.3 is 0 Å². The summed E-state index contributed by atoms with van der Waals surface area (Å²) in [5.41, 5.74) is -0.490. The van der Waals surface area contributed by atoms with Crippen LogP contribution in [0.25, 0.3) is 0 Å². The summed E-state index contributed by atoms with van der Waals surface area (Å²) in [5.74, 6) is 0. The molecule has 1 atom stereocenters. The Bertz CT molecular complexity index is 185. The van der Waals surface area contributed by atoms with Gasteiger partial charge in [0.15, 0.2) is 0 Å². The van der Waals surface area contributed by atoms with Crippen molar-refractivity contribution in [2.75, 3.05) is 53.7 Å². The van der Waals surface area contributed by atoms with Gasteiger partial charge in [0.05, 0.1) is 26.4 Å². The van der Waals surface area contributed by atoms with Crippen molar-refractivity contribution in [3.8, 4) is 0 Å². The normalized spacial score (nSPS) is 14.3. The van der Waals surface area contributed by atoms with Gasteiger partial charge < -0.3 is 19.7 Å². The molecular weight excluding hydrogens is 222 g/mol. The van der Waals surface area contributed by atoms with Gasteiger partial charge in [0.25, 0.3) is 0 Å². The minimum atomic E-state index is -0.490. The van der Waals surface area contributed by atoms with E-state index in [4.69, 9.17) is 9.47 Å². The number of aliphatic hydroxyl groups is 2. The van der Waals surface area contributed by atoms with Crippen molar-refractivity contribution >= 4 is 0 Å². The van der Waals surface area contributed by atoms with Crippen LogP contribution in [0.15, 0.2) is 0 Å². The molecule has 0 rings (SSSR count). The molecule has 0 saturated heterocycles. The van der Waals surface area contributed by atoms with Gasteiger partial charge in [-0.3, -0.25) is 4.90 Å². The summed E-state index contributed by atoms with van der Waals surface area (Å²) in [7, 11) is 3.33. The van der Waals surface area contributed by atoms with Crippen molar-refractivity contribution < 1.29 is 19.7 Å². The van der Waals surface area contributed by atoms with Gasteiger partial charge in [-0.2, -0.15) is 0 Å². The van der Waals surface area contributed by atoms with Crippen molar-refractivity contribution in [3.05, 3.63) is 0 Å². The lowest BCUT2D eigenvalue weighted by molar-refractivity contribution is 0.00110. The molecule has 17 heavy (non-hydrogen) atoms. The maximum atomic E-state index is 9.32. The second-order valence-electron chi connectivity index (χ2n) is 4.89. The third kappa shape index (κ3) is 6.33. The molecule has 1 unspecified atom stereocenters. The first-order chi connectivity index (χ1) is 8.02. The topological polar surface area (TPSA) is 62.2 Å². The summed E-state index contributed by atoms with van der Waals surface area (Å²) < 4.78 is 10.2. The Morgan fingerprint density at radius 1 is 1.18 bits per heavy atom. The van der Waals surface area contributed by atoms with Gasteiger partial charge in [-0.1, -0.05) is 6.92 Å². The highest BCUT2D eigenvalue weighted by molar-refractivity contribution is 4.79. The highest BCUT2D eigenvalue weighted by Gasteiger charge is 2.27. The average Bonchev–Trinajstić information content (AvgIpc) is 2.34. The van der Waals surface area contributed by atoms with Crippen LogP contribution in [0.4, 0.5) is 0 Å². The Kier molecular flexibility index (Phi) is 8.72. The lowest BCUT2D eigenvalue weighted by Crippen LogP contribution is -2.47. The number of rotatable bonds is 10. The number of ether oxygens (including phenoxy) is 2. The zero-order valence-corrected chi connectivity index (χ0v) is 11.5. The fraction of sp³-hybridized carbons (Fsp3) is 1.00. The molecule has 0 aromatic heterocycles. The van der Waals surface area contributed by atoms with Gasteiger partial charge in [0, 0.05) is 38.8 Å². The summed E-state index contributed by atoms with van der Waals surface area (Å²) in [6.07, 6.45) is 0. The fourth-order valence-corrected chi connectivity index (χ4v) is 1.65. The van der Waals surface area contributed by atoms with E-state index in [0.717, 1.165) is 6.54 Å². The van der Waals surface area contributed by atoms with Gasteiger partial charge in [0.1, 0.15) is 0 Å². The molecule has 0 fully saturated rings. The van der Waals surface area contributed by atoms with E-state index in [0.29, 0.717) is 19.8 Å². The minimum absolute atomic E-state index is 0.0350. The summed E-state index contributed by atoms with van der Waals surface area (Å²) in [6.45, 7) is 6.49. The third-order valence-corrected chi connectivity index (χ3v) is 2.96. The second kappa shape index (κ2) is 8.83. The molecule has 0 aliphatic carbocycles. The number of hydrogen-bond acceptors (Lipinski definition) is 5. The summed E-state index contributed by atoms with van der Waals surface area (Å²) in [6, 6.07) is 0.229. The van der Waals surface area contributed by atoms with Crippen molar-refractivity contribution in [3.63, 3.8) is 0 Å². The minimum Gasteiger partial charge on any atom is -0.396 e. The zero-order valence-electron chi connectivity index (χ0n) is 11.5. The van der Waals surface area contributed by atoms with Gasteiger partial charge in [-0.05, 0) is 6.92 Å². The van der Waals surface area contributed by atoms with Crippen LogP contribution in [-0.4, -0.2) is 74.9 Å². The Labute approximate surface area is 104 Å². The lowest BCUT2D eigenvalue weighted by Gasteiger charge is -2.36. The van der Waals surface area contributed by atoms with Crippen molar-refractivity contribution in [2.24, 2.45) is 5.41 Å². The van der Waals surface area contributed by atoms with Crippen LogP contribution in [-0.2, 0) is 9.47 Å². The molecule has 0 amide bonds. The number of nitrogens with zero attached hydrogens (tertiary/aromatic N) is 1. The maximum absolute atomic E-state index is 9.32. The standard InChI is InChI=1S/C12H27NO4/c1-11(7-17-4)13(5-6-16-3)8-12(2,9-14)10-15/h11,14-15H,5-10H2,1-4H3. The van der Waals surface area contributed by atoms with Crippen LogP contribution in [0.3, 0.4) is 0 Å². The van der Waals surface area contributed by atoms with Gasteiger partial charge in [-0.25, -0.2) is 0 Å². The molecule has 0 aromatic rings. The Morgan fingerprint density at radius 2 is 1.76 bits per heavy atom. The van der Waals surface area contributed by atoms with Crippen LogP contribution in [0.1, 0.15) is 13.8 Å². The molecule has 5 nitrogen and oxygen atoms in total. The van der Waals surface area contributed by atoms with E-state index >= 15 is 0 Å². The van der Waals surface area contributed by atoms with E-state index in [1.54, 1.807) is 14.2 Å². The van der Waals surface area contributed by atoms with Crippen molar-refractivity contribution in [1.29, 1.82) is 0 Å². The molecule has 0 heterocycles. The van der Waals surface area contributed by atoms with E-state index in [1.165, 1.54) is 0 Å². The highest BCUT2D eigenvalue weighted by atomic mass is 16.5. The van der Waals surface area contributed by atoms with E-state index in [9.17, 15) is 10.2 Å². The van der Waals surface area contributed by atoms with Crippen LogP contribution < -0.4 is 0 Å². The van der Waals surface area contributed by atoms with Crippen LogP contribution in [0.5, 0.6) is 0 Å². The largest absolute Gasteiger partial charge is 0.396 e. The Morgan fingerprint density at radius 3 is 2.18 bits per heavy atom. The van der Waals surface area contributed by atoms with E-state index < -0.39 is 5.41 Å². The average molecular weight is 249 g/mol. The third-order valence-electron chi connectivity index (χ3n) is 2.96. The second-order valence-corrected chi connectivity index (χ2v) is 4.89. The quantitative estimate of drug-likeness (QED) is 0.569. The first kappa shape index (κ1) is 16.8. The summed E-state index contributed by atoms with van der Waals surface area (Å²) in [5, 5.41) is 18.6. The molecule has 0 aromatic carbocycles. The maximum Gasteiger partial charge on any atom is 0.0615 e. The molecule has 0 bridgehead atoms. The van der Waals surface area contributed by atoms with Gasteiger partial charge in [0.2, 0.25) is 0 Å². The fourth-order valence-electron chi connectivity index (χ4n) is 1.65. The predicted molar refractivity (Wildman–Crippen MR) is 67.1 cm³/mol. The number of aliphatic hydroxyl groups excluding tert-OH is 2. The van der Waals surface area contributed by atoms with Gasteiger partial charge in [-0.15, -0.1) is 0 Å².